The molecule has 1 N–H and O–H groups in total. The maximum absolute atomic E-state index is 12.5. The van der Waals surface area contributed by atoms with E-state index < -0.39 is 29.3 Å². The van der Waals surface area contributed by atoms with Gasteiger partial charge in [0, 0.05) is 36.9 Å². The lowest BCUT2D eigenvalue weighted by Gasteiger charge is -2.20. The third-order valence-corrected chi connectivity index (χ3v) is 4.82. The van der Waals surface area contributed by atoms with E-state index in [-0.39, 0.29) is 30.2 Å². The zero-order chi connectivity index (χ0) is 23.3. The van der Waals surface area contributed by atoms with Gasteiger partial charge in [-0.15, -0.1) is 0 Å². The molecule has 2 aromatic rings. The van der Waals surface area contributed by atoms with E-state index in [0.29, 0.717) is 17.2 Å². The number of ether oxygens (including phenoxy) is 3. The van der Waals surface area contributed by atoms with Crippen LogP contribution in [-0.2, 0) is 19.1 Å². The van der Waals surface area contributed by atoms with Crippen molar-refractivity contribution in [2.75, 3.05) is 37.6 Å². The van der Waals surface area contributed by atoms with E-state index in [2.05, 4.69) is 5.32 Å². The second-order valence-electron chi connectivity index (χ2n) is 6.91. The summed E-state index contributed by atoms with van der Waals surface area (Å²) in [5, 5.41) is 13.2. The van der Waals surface area contributed by atoms with Gasteiger partial charge >= 0.3 is 5.97 Å². The Kier molecular flexibility index (Phi) is 6.88. The molecule has 2 amide bonds. The Morgan fingerprint density at radius 2 is 1.97 bits per heavy atom. The van der Waals surface area contributed by atoms with E-state index in [4.69, 9.17) is 14.2 Å². The van der Waals surface area contributed by atoms with Gasteiger partial charge in [0.05, 0.1) is 30.7 Å². The maximum atomic E-state index is 12.5. The first kappa shape index (κ1) is 22.5. The summed E-state index contributed by atoms with van der Waals surface area (Å²) >= 11 is 0. The zero-order valence-corrected chi connectivity index (χ0v) is 17.4. The van der Waals surface area contributed by atoms with Gasteiger partial charge in [-0.05, 0) is 18.2 Å². The van der Waals surface area contributed by atoms with Gasteiger partial charge in [0.25, 0.3) is 11.6 Å². The summed E-state index contributed by atoms with van der Waals surface area (Å²) in [4.78, 5) is 48.6. The van der Waals surface area contributed by atoms with Gasteiger partial charge in [-0.3, -0.25) is 24.5 Å². The highest BCUT2D eigenvalue weighted by Gasteiger charge is 2.37. The number of hydrogen-bond acceptors (Lipinski definition) is 8. The molecular weight excluding hydrogens is 422 g/mol. The van der Waals surface area contributed by atoms with Gasteiger partial charge < -0.3 is 24.4 Å². The molecule has 2 aromatic carbocycles. The van der Waals surface area contributed by atoms with Crippen LogP contribution < -0.4 is 19.7 Å². The monoisotopic (exact) mass is 443 g/mol. The summed E-state index contributed by atoms with van der Waals surface area (Å²) in [6.45, 7) is -0.509. The van der Waals surface area contributed by atoms with Gasteiger partial charge in [0.2, 0.25) is 5.91 Å². The van der Waals surface area contributed by atoms with Crippen LogP contribution in [0.2, 0.25) is 0 Å². The SMILES string of the molecule is COc1ccc(N2C[C@H](C(=O)OCC(=O)Nc3cccc([N+](=O)[O-])c3)CC2=O)c(OC)c1. The lowest BCUT2D eigenvalue weighted by atomic mass is 10.1. The average Bonchev–Trinajstić information content (AvgIpc) is 3.18. The predicted octanol–water partition coefficient (Wildman–Crippen LogP) is 2.15. The molecule has 1 aliphatic heterocycles. The predicted molar refractivity (Wildman–Crippen MR) is 113 cm³/mol. The molecule has 1 saturated heterocycles. The van der Waals surface area contributed by atoms with Crippen LogP contribution in [0.15, 0.2) is 42.5 Å². The maximum Gasteiger partial charge on any atom is 0.311 e. The third kappa shape index (κ3) is 5.12. The van der Waals surface area contributed by atoms with E-state index >= 15 is 0 Å². The minimum absolute atomic E-state index is 0.0689. The molecule has 0 spiro atoms. The topological polar surface area (TPSA) is 137 Å². The molecule has 0 unspecified atom stereocenters. The smallest absolute Gasteiger partial charge is 0.311 e. The standard InChI is InChI=1S/C21H21N3O8/c1-30-16-6-7-17(18(10-16)31-2)23-11-13(8-20(23)26)21(27)32-12-19(25)22-14-4-3-5-15(9-14)24(28)29/h3-7,9-10,13H,8,11-12H2,1-2H3,(H,22,25)/t13-/m1/s1. The number of carbonyl (C=O) groups excluding carboxylic acids is 3. The normalized spacial score (nSPS) is 15.2. The summed E-state index contributed by atoms with van der Waals surface area (Å²) in [6.07, 6.45) is -0.0689. The van der Waals surface area contributed by atoms with Crippen molar-refractivity contribution in [3.8, 4) is 11.5 Å². The molecule has 1 fully saturated rings. The Labute approximate surface area is 183 Å². The van der Waals surface area contributed by atoms with Crippen LogP contribution in [0.3, 0.4) is 0 Å². The first-order chi connectivity index (χ1) is 15.3. The summed E-state index contributed by atoms with van der Waals surface area (Å²) in [5.41, 5.74) is 0.518. The van der Waals surface area contributed by atoms with Crippen LogP contribution in [0.25, 0.3) is 0 Å². The molecule has 11 nitrogen and oxygen atoms in total. The Bertz CT molecular complexity index is 1060. The van der Waals surface area contributed by atoms with Gasteiger partial charge in [0.15, 0.2) is 6.61 Å². The van der Waals surface area contributed by atoms with E-state index in [1.807, 2.05) is 0 Å². The quantitative estimate of drug-likeness (QED) is 0.372. The first-order valence-electron chi connectivity index (χ1n) is 9.55. The number of nitro benzene ring substituents is 1. The largest absolute Gasteiger partial charge is 0.497 e. The molecule has 0 bridgehead atoms. The number of anilines is 2. The lowest BCUT2D eigenvalue weighted by molar-refractivity contribution is -0.384. The Morgan fingerprint density at radius 1 is 1.19 bits per heavy atom. The second-order valence-corrected chi connectivity index (χ2v) is 6.91. The molecule has 0 aromatic heterocycles. The Balaban J connectivity index is 1.57. The summed E-state index contributed by atoms with van der Waals surface area (Å²) in [7, 11) is 2.97. The summed E-state index contributed by atoms with van der Waals surface area (Å²) in [6, 6.07) is 10.3. The fourth-order valence-corrected chi connectivity index (χ4v) is 3.26. The number of nitrogens with one attached hydrogen (secondary N) is 1. The number of benzene rings is 2. The highest BCUT2D eigenvalue weighted by atomic mass is 16.6. The van der Waals surface area contributed by atoms with Crippen molar-refractivity contribution in [3.05, 3.63) is 52.6 Å². The van der Waals surface area contributed by atoms with Crippen molar-refractivity contribution < 1.29 is 33.5 Å². The van der Waals surface area contributed by atoms with E-state index in [1.165, 1.54) is 43.4 Å². The number of carbonyl (C=O) groups is 3. The molecule has 1 aliphatic rings. The van der Waals surface area contributed by atoms with Crippen LogP contribution >= 0.6 is 0 Å². The number of non-ortho nitro benzene ring substituents is 1. The first-order valence-corrected chi connectivity index (χ1v) is 9.55. The second kappa shape index (κ2) is 9.77. The summed E-state index contributed by atoms with van der Waals surface area (Å²) < 4.78 is 15.5. The molecule has 0 radical (unpaired) electrons. The Morgan fingerprint density at radius 3 is 2.66 bits per heavy atom. The van der Waals surface area contributed by atoms with E-state index in [1.54, 1.807) is 18.2 Å². The van der Waals surface area contributed by atoms with Crippen LogP contribution in [0, 0.1) is 16.0 Å². The van der Waals surface area contributed by atoms with Crippen LogP contribution in [0.1, 0.15) is 6.42 Å². The molecule has 0 saturated carbocycles. The van der Waals surface area contributed by atoms with Crippen LogP contribution in [-0.4, -0.2) is 50.1 Å². The van der Waals surface area contributed by atoms with Crippen molar-refractivity contribution in [1.29, 1.82) is 0 Å². The molecular formula is C21H21N3O8. The van der Waals surface area contributed by atoms with Crippen LogP contribution in [0.4, 0.5) is 17.1 Å². The third-order valence-electron chi connectivity index (χ3n) is 4.82. The highest BCUT2D eigenvalue weighted by Crippen LogP contribution is 2.36. The molecule has 3 rings (SSSR count). The molecule has 0 aliphatic carbocycles. The van der Waals surface area contributed by atoms with Gasteiger partial charge in [-0.2, -0.15) is 0 Å². The van der Waals surface area contributed by atoms with Crippen molar-refractivity contribution in [2.24, 2.45) is 5.92 Å². The fraction of sp³-hybridized carbons (Fsp3) is 0.286. The highest BCUT2D eigenvalue weighted by molar-refractivity contribution is 6.01. The number of hydrogen-bond donors (Lipinski definition) is 1. The minimum atomic E-state index is -0.750. The molecule has 32 heavy (non-hydrogen) atoms. The van der Waals surface area contributed by atoms with Crippen molar-refractivity contribution in [3.63, 3.8) is 0 Å². The number of rotatable bonds is 8. The minimum Gasteiger partial charge on any atom is -0.497 e. The molecule has 11 heteroatoms. The number of nitro groups is 1. The van der Waals surface area contributed by atoms with Crippen LogP contribution in [0.5, 0.6) is 11.5 Å². The van der Waals surface area contributed by atoms with Crippen molar-refractivity contribution >= 4 is 34.8 Å². The number of methoxy groups -OCH3 is 2. The molecule has 168 valence electrons. The van der Waals surface area contributed by atoms with Crippen molar-refractivity contribution in [1.82, 2.24) is 0 Å². The fourth-order valence-electron chi connectivity index (χ4n) is 3.26. The van der Waals surface area contributed by atoms with Gasteiger partial charge in [-0.25, -0.2) is 0 Å². The molecule has 1 atom stereocenters. The lowest BCUT2D eigenvalue weighted by Crippen LogP contribution is -2.28. The number of esters is 1. The number of nitrogens with zero attached hydrogens (tertiary/aromatic N) is 2. The Hall–Kier alpha value is -4.15. The average molecular weight is 443 g/mol. The van der Waals surface area contributed by atoms with E-state index in [0.717, 1.165) is 0 Å². The number of amides is 2. The van der Waals surface area contributed by atoms with Gasteiger partial charge in [0.1, 0.15) is 11.5 Å². The zero-order valence-electron chi connectivity index (χ0n) is 17.4. The van der Waals surface area contributed by atoms with Crippen molar-refractivity contribution in [2.45, 2.75) is 6.42 Å². The molecule has 1 heterocycles. The van der Waals surface area contributed by atoms with E-state index in [9.17, 15) is 24.5 Å². The van der Waals surface area contributed by atoms with Gasteiger partial charge in [-0.1, -0.05) is 6.07 Å². The summed E-state index contributed by atoms with van der Waals surface area (Å²) in [5.74, 6) is -1.40.